The fraction of sp³-hybridized carbons (Fsp3) is 0.370. The number of nitrogens with one attached hydrogen (secondary N) is 2. The lowest BCUT2D eigenvalue weighted by molar-refractivity contribution is 0.0956. The summed E-state index contributed by atoms with van der Waals surface area (Å²) in [7, 11) is 0. The van der Waals surface area contributed by atoms with E-state index in [1.54, 1.807) is 0 Å². The predicted molar refractivity (Wildman–Crippen MR) is 133 cm³/mol. The van der Waals surface area contributed by atoms with E-state index in [-0.39, 0.29) is 5.91 Å². The van der Waals surface area contributed by atoms with Gasteiger partial charge in [0.2, 0.25) is 0 Å². The summed E-state index contributed by atoms with van der Waals surface area (Å²) in [5.74, 6) is 1.17. The summed E-state index contributed by atoms with van der Waals surface area (Å²) >= 11 is 4.15. The lowest BCUT2D eigenvalue weighted by Gasteiger charge is -2.32. The van der Waals surface area contributed by atoms with Gasteiger partial charge in [0.15, 0.2) is 0 Å². The number of fused-ring (bicyclic) bond motifs is 1. The molecule has 3 aromatic rings. The van der Waals surface area contributed by atoms with Crippen LogP contribution in [0.15, 0.2) is 66.7 Å². The monoisotopic (exact) mass is 432 g/mol. The molecule has 0 bridgehead atoms. The normalized spacial score (nSPS) is 19.8. The van der Waals surface area contributed by atoms with Gasteiger partial charge in [-0.25, -0.2) is 0 Å². The molecule has 3 aromatic carbocycles. The Hall–Kier alpha value is -2.30. The van der Waals surface area contributed by atoms with Crippen molar-refractivity contribution in [3.8, 4) is 0 Å². The first kappa shape index (κ1) is 21.9. The highest BCUT2D eigenvalue weighted by molar-refractivity contribution is 7.80. The third kappa shape index (κ3) is 5.31. The molecule has 3 nitrogen and oxygen atoms in total. The quantitative estimate of drug-likeness (QED) is 0.408. The third-order valence-corrected chi connectivity index (χ3v) is 6.72. The number of hydrogen-bond acceptors (Lipinski definition) is 3. The maximum atomic E-state index is 12.1. The van der Waals surface area contributed by atoms with Crippen LogP contribution in [0.25, 0.3) is 10.8 Å². The van der Waals surface area contributed by atoms with Crippen LogP contribution in [0.3, 0.4) is 0 Å². The first-order chi connectivity index (χ1) is 15.2. The van der Waals surface area contributed by atoms with E-state index in [2.05, 4.69) is 84.8 Å². The van der Waals surface area contributed by atoms with Gasteiger partial charge in [-0.2, -0.15) is 12.6 Å². The van der Waals surface area contributed by atoms with Gasteiger partial charge in [-0.1, -0.05) is 61.0 Å². The van der Waals surface area contributed by atoms with Crippen LogP contribution in [0.4, 0.5) is 0 Å². The molecule has 4 heteroatoms. The number of amides is 1. The molecule has 1 aliphatic rings. The molecule has 4 rings (SSSR count). The van der Waals surface area contributed by atoms with Gasteiger partial charge in [0.05, 0.1) is 0 Å². The largest absolute Gasteiger partial charge is 0.351 e. The standard InChI is InChI=1S/C27H32N2OS/c1-19(25-11-5-7-21-6-2-3-10-26(21)25)29-24-9-4-8-23(18-24)20-12-14-22(15-13-20)27(30)28-16-17-31/h2-3,5-7,10-15,19,23-24,29,31H,4,8-9,16-18H2,1H3,(H,28,30). The molecule has 0 aliphatic heterocycles. The van der Waals surface area contributed by atoms with Gasteiger partial charge in [0.1, 0.15) is 0 Å². The number of hydrogen-bond donors (Lipinski definition) is 3. The Balaban J connectivity index is 1.41. The van der Waals surface area contributed by atoms with Crippen LogP contribution in [0.1, 0.15) is 66.1 Å². The van der Waals surface area contributed by atoms with Crippen LogP contribution in [-0.4, -0.2) is 24.2 Å². The minimum Gasteiger partial charge on any atom is -0.351 e. The van der Waals surface area contributed by atoms with Crippen molar-refractivity contribution in [1.82, 2.24) is 10.6 Å². The summed E-state index contributed by atoms with van der Waals surface area (Å²) in [6, 6.07) is 24.2. The molecule has 3 atom stereocenters. The number of carbonyl (C=O) groups is 1. The summed E-state index contributed by atoms with van der Waals surface area (Å²) in [5, 5.41) is 9.42. The Morgan fingerprint density at radius 3 is 2.61 bits per heavy atom. The molecule has 1 saturated carbocycles. The average molecular weight is 433 g/mol. The predicted octanol–water partition coefficient (Wildman–Crippen LogP) is 5.88. The van der Waals surface area contributed by atoms with E-state index in [9.17, 15) is 4.79 Å². The summed E-state index contributed by atoms with van der Waals surface area (Å²) in [5.41, 5.74) is 3.44. The summed E-state index contributed by atoms with van der Waals surface area (Å²) in [6.45, 7) is 2.87. The Bertz CT molecular complexity index is 1010. The minimum atomic E-state index is -0.0206. The molecular formula is C27H32N2OS. The molecule has 0 saturated heterocycles. The van der Waals surface area contributed by atoms with Gasteiger partial charge in [0.25, 0.3) is 5.91 Å². The van der Waals surface area contributed by atoms with Gasteiger partial charge in [-0.05, 0) is 66.1 Å². The topological polar surface area (TPSA) is 41.1 Å². The lowest BCUT2D eigenvalue weighted by Crippen LogP contribution is -2.35. The van der Waals surface area contributed by atoms with Crippen molar-refractivity contribution in [1.29, 1.82) is 0 Å². The molecular weight excluding hydrogens is 400 g/mol. The van der Waals surface area contributed by atoms with Gasteiger partial charge in [-0.15, -0.1) is 0 Å². The highest BCUT2D eigenvalue weighted by Crippen LogP contribution is 2.34. The first-order valence-electron chi connectivity index (χ1n) is 11.4. The second-order valence-corrected chi connectivity index (χ2v) is 9.07. The van der Waals surface area contributed by atoms with Gasteiger partial charge >= 0.3 is 0 Å². The highest BCUT2D eigenvalue weighted by atomic mass is 32.1. The van der Waals surface area contributed by atoms with Crippen LogP contribution < -0.4 is 10.6 Å². The molecule has 162 valence electrons. The smallest absolute Gasteiger partial charge is 0.251 e. The van der Waals surface area contributed by atoms with Crippen molar-refractivity contribution in [2.24, 2.45) is 0 Å². The minimum absolute atomic E-state index is 0.0206. The molecule has 0 spiro atoms. The zero-order chi connectivity index (χ0) is 21.6. The highest BCUT2D eigenvalue weighted by Gasteiger charge is 2.25. The van der Waals surface area contributed by atoms with Gasteiger partial charge < -0.3 is 10.6 Å². The third-order valence-electron chi connectivity index (χ3n) is 6.49. The van der Waals surface area contributed by atoms with Crippen LogP contribution >= 0.6 is 12.6 Å². The van der Waals surface area contributed by atoms with Crippen LogP contribution in [-0.2, 0) is 0 Å². The SMILES string of the molecule is CC(NC1CCCC(c2ccc(C(=O)NCCS)cc2)C1)c1cccc2ccccc12. The molecule has 0 heterocycles. The van der Waals surface area contributed by atoms with Crippen LogP contribution in [0.5, 0.6) is 0 Å². The molecule has 1 aliphatic carbocycles. The molecule has 1 amide bonds. The Labute approximate surface area is 191 Å². The van der Waals surface area contributed by atoms with Crippen molar-refractivity contribution < 1.29 is 4.79 Å². The molecule has 0 radical (unpaired) electrons. The Morgan fingerprint density at radius 1 is 1.03 bits per heavy atom. The van der Waals surface area contributed by atoms with E-state index in [0.717, 1.165) is 12.0 Å². The average Bonchev–Trinajstić information content (AvgIpc) is 2.82. The first-order valence-corrected chi connectivity index (χ1v) is 12.0. The second-order valence-electron chi connectivity index (χ2n) is 8.62. The van der Waals surface area contributed by atoms with E-state index in [1.165, 1.54) is 41.2 Å². The van der Waals surface area contributed by atoms with Crippen LogP contribution in [0.2, 0.25) is 0 Å². The van der Waals surface area contributed by atoms with Crippen molar-refractivity contribution in [2.75, 3.05) is 12.3 Å². The molecule has 2 N–H and O–H groups in total. The number of thiol groups is 1. The fourth-order valence-corrected chi connectivity index (χ4v) is 5.01. The van der Waals surface area contributed by atoms with E-state index in [1.807, 2.05) is 12.1 Å². The maximum Gasteiger partial charge on any atom is 0.251 e. The molecule has 0 aromatic heterocycles. The van der Waals surface area contributed by atoms with Gasteiger partial charge in [0, 0.05) is 29.9 Å². The summed E-state index contributed by atoms with van der Waals surface area (Å²) in [4.78, 5) is 12.1. The molecule has 1 fully saturated rings. The van der Waals surface area contributed by atoms with E-state index < -0.39 is 0 Å². The zero-order valence-electron chi connectivity index (χ0n) is 18.2. The van der Waals surface area contributed by atoms with Crippen LogP contribution in [0, 0.1) is 0 Å². The summed E-state index contributed by atoms with van der Waals surface area (Å²) < 4.78 is 0. The van der Waals surface area contributed by atoms with Crippen molar-refractivity contribution in [3.05, 3.63) is 83.4 Å². The molecule has 31 heavy (non-hydrogen) atoms. The van der Waals surface area contributed by atoms with E-state index >= 15 is 0 Å². The maximum absolute atomic E-state index is 12.1. The Kier molecular flexibility index (Phi) is 7.31. The number of carbonyl (C=O) groups excluding carboxylic acids is 1. The van der Waals surface area contributed by atoms with E-state index in [4.69, 9.17) is 0 Å². The Morgan fingerprint density at radius 2 is 1.81 bits per heavy atom. The number of benzene rings is 3. The molecule has 3 unspecified atom stereocenters. The van der Waals surface area contributed by atoms with Crippen molar-refractivity contribution >= 4 is 29.3 Å². The number of rotatable bonds is 7. The zero-order valence-corrected chi connectivity index (χ0v) is 19.1. The van der Waals surface area contributed by atoms with E-state index in [0.29, 0.717) is 30.3 Å². The van der Waals surface area contributed by atoms with Crippen molar-refractivity contribution in [3.63, 3.8) is 0 Å². The van der Waals surface area contributed by atoms with Crippen molar-refractivity contribution in [2.45, 2.75) is 50.6 Å². The lowest BCUT2D eigenvalue weighted by atomic mass is 9.80. The summed E-state index contributed by atoms with van der Waals surface area (Å²) in [6.07, 6.45) is 4.80. The second kappa shape index (κ2) is 10.3. The fourth-order valence-electron chi connectivity index (χ4n) is 4.89. The van der Waals surface area contributed by atoms with Gasteiger partial charge in [-0.3, -0.25) is 4.79 Å².